The molecule has 0 aromatic rings. The highest BCUT2D eigenvalue weighted by Gasteiger charge is 2.04. The molecule has 0 amide bonds. The zero-order valence-electron chi connectivity index (χ0n) is 5.02. The van der Waals surface area contributed by atoms with Crippen LogP contribution in [0.2, 0.25) is 0 Å². The van der Waals surface area contributed by atoms with Gasteiger partial charge in [-0.25, -0.2) is 4.79 Å². The second-order valence-corrected chi connectivity index (χ2v) is 1.77. The molecule has 0 saturated heterocycles. The van der Waals surface area contributed by atoms with Crippen LogP contribution in [0.4, 0.5) is 4.79 Å². The predicted molar refractivity (Wildman–Crippen MR) is 32.2 cm³/mol. The van der Waals surface area contributed by atoms with Crippen molar-refractivity contribution in [3.8, 4) is 0 Å². The molecular formula is C5H7ClO3. The average molecular weight is 151 g/mol. The first kappa shape index (κ1) is 8.43. The van der Waals surface area contributed by atoms with Gasteiger partial charge in [-0.1, -0.05) is 6.92 Å². The van der Waals surface area contributed by atoms with Crippen molar-refractivity contribution in [1.82, 2.24) is 0 Å². The molecule has 0 fully saturated rings. The first-order chi connectivity index (χ1) is 4.16. The van der Waals surface area contributed by atoms with E-state index in [9.17, 15) is 9.59 Å². The number of carbonyl (C=O) groups excluding carboxylic acids is 2. The van der Waals surface area contributed by atoms with Crippen molar-refractivity contribution in [2.24, 2.45) is 0 Å². The van der Waals surface area contributed by atoms with Gasteiger partial charge < -0.3 is 4.74 Å². The van der Waals surface area contributed by atoms with Gasteiger partial charge in [0, 0.05) is 18.0 Å². The van der Waals surface area contributed by atoms with Crippen LogP contribution in [0.5, 0.6) is 0 Å². The molecule has 0 bridgehead atoms. The molecule has 0 radical (unpaired) electrons. The van der Waals surface area contributed by atoms with E-state index < -0.39 is 11.4 Å². The van der Waals surface area contributed by atoms with Crippen LogP contribution in [0.15, 0.2) is 0 Å². The predicted octanol–water partition coefficient (Wildman–Crippen LogP) is 1.69. The van der Waals surface area contributed by atoms with Crippen LogP contribution < -0.4 is 0 Å². The van der Waals surface area contributed by atoms with Gasteiger partial charge in [-0.05, 0) is 6.42 Å². The monoisotopic (exact) mass is 150 g/mol. The van der Waals surface area contributed by atoms with E-state index in [4.69, 9.17) is 11.6 Å². The number of hydrogen-bond donors (Lipinski definition) is 0. The van der Waals surface area contributed by atoms with E-state index in [2.05, 4.69) is 4.74 Å². The maximum Gasteiger partial charge on any atom is 0.411 e. The smallest absolute Gasteiger partial charge is 0.381 e. The van der Waals surface area contributed by atoms with Crippen LogP contribution in [0.1, 0.15) is 19.8 Å². The molecule has 4 heteroatoms. The Bertz CT molecular complexity index is 121. The molecule has 0 N–H and O–H groups in total. The summed E-state index contributed by atoms with van der Waals surface area (Å²) in [5, 5.41) is 0. The number of esters is 1. The zero-order chi connectivity index (χ0) is 7.28. The molecule has 0 spiro atoms. The first-order valence-electron chi connectivity index (χ1n) is 2.57. The van der Waals surface area contributed by atoms with Crippen LogP contribution in [0.3, 0.4) is 0 Å². The Morgan fingerprint density at radius 2 is 2.11 bits per heavy atom. The summed E-state index contributed by atoms with van der Waals surface area (Å²) in [7, 11) is 0. The topological polar surface area (TPSA) is 43.4 Å². The Kier molecular flexibility index (Phi) is 4.05. The van der Waals surface area contributed by atoms with Gasteiger partial charge >= 0.3 is 11.4 Å². The van der Waals surface area contributed by atoms with E-state index >= 15 is 0 Å². The highest BCUT2D eigenvalue weighted by Crippen LogP contribution is 1.94. The molecule has 0 aliphatic rings. The number of carbonyl (C=O) groups is 2. The minimum Gasteiger partial charge on any atom is -0.381 e. The van der Waals surface area contributed by atoms with Crippen molar-refractivity contribution >= 4 is 23.0 Å². The van der Waals surface area contributed by atoms with E-state index in [0.29, 0.717) is 6.42 Å². The standard InChI is InChI=1S/C5H7ClO3/c1-2-3-4(7)9-5(6)8/h2-3H2,1H3. The average Bonchev–Trinajstić information content (AvgIpc) is 1.63. The summed E-state index contributed by atoms with van der Waals surface area (Å²) >= 11 is 4.73. The van der Waals surface area contributed by atoms with Crippen LogP contribution in [-0.2, 0) is 9.53 Å². The van der Waals surface area contributed by atoms with E-state index in [1.165, 1.54) is 0 Å². The molecular weight excluding hydrogens is 144 g/mol. The summed E-state index contributed by atoms with van der Waals surface area (Å²) in [4.78, 5) is 20.2. The molecule has 0 rings (SSSR count). The zero-order valence-corrected chi connectivity index (χ0v) is 5.77. The summed E-state index contributed by atoms with van der Waals surface area (Å²) in [6.07, 6.45) is 0.890. The van der Waals surface area contributed by atoms with Crippen molar-refractivity contribution < 1.29 is 14.3 Å². The molecule has 0 saturated carbocycles. The summed E-state index contributed by atoms with van der Waals surface area (Å²) in [5.74, 6) is -0.572. The fraction of sp³-hybridized carbons (Fsp3) is 0.600. The van der Waals surface area contributed by atoms with Gasteiger partial charge in [0.15, 0.2) is 0 Å². The van der Waals surface area contributed by atoms with Crippen LogP contribution in [0, 0.1) is 0 Å². The third kappa shape index (κ3) is 5.30. The van der Waals surface area contributed by atoms with Crippen molar-refractivity contribution in [3.05, 3.63) is 0 Å². The van der Waals surface area contributed by atoms with Gasteiger partial charge in [0.05, 0.1) is 0 Å². The maximum absolute atomic E-state index is 10.3. The van der Waals surface area contributed by atoms with Crippen molar-refractivity contribution in [1.29, 1.82) is 0 Å². The maximum atomic E-state index is 10.3. The highest BCUT2D eigenvalue weighted by molar-refractivity contribution is 6.61. The second kappa shape index (κ2) is 4.32. The molecule has 0 atom stereocenters. The highest BCUT2D eigenvalue weighted by atomic mass is 35.5. The van der Waals surface area contributed by atoms with E-state index in [1.807, 2.05) is 0 Å². The Balaban J connectivity index is 3.39. The first-order valence-corrected chi connectivity index (χ1v) is 2.94. The van der Waals surface area contributed by atoms with Gasteiger partial charge in [0.2, 0.25) is 0 Å². The van der Waals surface area contributed by atoms with E-state index in [1.54, 1.807) is 6.92 Å². The van der Waals surface area contributed by atoms with Crippen LogP contribution in [-0.4, -0.2) is 11.4 Å². The van der Waals surface area contributed by atoms with Gasteiger partial charge in [0.25, 0.3) is 0 Å². The molecule has 0 aromatic heterocycles. The lowest BCUT2D eigenvalue weighted by molar-refractivity contribution is -0.136. The van der Waals surface area contributed by atoms with Gasteiger partial charge in [0.1, 0.15) is 0 Å². The number of rotatable bonds is 2. The Morgan fingerprint density at radius 3 is 2.44 bits per heavy atom. The fourth-order valence-electron chi connectivity index (χ4n) is 0.345. The van der Waals surface area contributed by atoms with Crippen molar-refractivity contribution in [2.75, 3.05) is 0 Å². The molecule has 9 heavy (non-hydrogen) atoms. The summed E-state index contributed by atoms with van der Waals surface area (Å²) in [6.45, 7) is 1.81. The van der Waals surface area contributed by atoms with Crippen LogP contribution in [0.25, 0.3) is 0 Å². The normalized spacial score (nSPS) is 8.67. The van der Waals surface area contributed by atoms with E-state index in [0.717, 1.165) is 0 Å². The summed E-state index contributed by atoms with van der Waals surface area (Å²) < 4.78 is 3.98. The van der Waals surface area contributed by atoms with Crippen molar-refractivity contribution in [2.45, 2.75) is 19.8 Å². The number of halogens is 1. The Morgan fingerprint density at radius 1 is 1.56 bits per heavy atom. The lowest BCUT2D eigenvalue weighted by Crippen LogP contribution is -2.04. The fourth-order valence-corrected chi connectivity index (χ4v) is 0.431. The molecule has 0 aliphatic heterocycles. The third-order valence-corrected chi connectivity index (χ3v) is 0.725. The quantitative estimate of drug-likeness (QED) is 0.342. The van der Waals surface area contributed by atoms with Crippen LogP contribution >= 0.6 is 11.6 Å². The molecule has 3 nitrogen and oxygen atoms in total. The molecule has 0 aliphatic carbocycles. The van der Waals surface area contributed by atoms with Crippen molar-refractivity contribution in [3.63, 3.8) is 0 Å². The Hall–Kier alpha value is -0.570. The minimum atomic E-state index is -1.06. The van der Waals surface area contributed by atoms with Gasteiger partial charge in [-0.2, -0.15) is 0 Å². The lowest BCUT2D eigenvalue weighted by Gasteiger charge is -1.92. The summed E-state index contributed by atoms with van der Waals surface area (Å²) in [5.41, 5.74) is -1.06. The molecule has 52 valence electrons. The second-order valence-electron chi connectivity index (χ2n) is 1.46. The van der Waals surface area contributed by atoms with Gasteiger partial charge in [-0.15, -0.1) is 0 Å². The lowest BCUT2D eigenvalue weighted by atomic mass is 10.3. The van der Waals surface area contributed by atoms with Gasteiger partial charge in [-0.3, -0.25) is 4.79 Å². The molecule has 0 heterocycles. The molecule has 0 unspecified atom stereocenters. The Labute approximate surface area is 57.9 Å². The number of hydrogen-bond acceptors (Lipinski definition) is 3. The minimum absolute atomic E-state index is 0.235. The summed E-state index contributed by atoms with van der Waals surface area (Å²) in [6, 6.07) is 0. The van der Waals surface area contributed by atoms with E-state index in [-0.39, 0.29) is 6.42 Å². The molecule has 0 aromatic carbocycles. The number of ether oxygens (including phenoxy) is 1. The largest absolute Gasteiger partial charge is 0.411 e. The third-order valence-electron chi connectivity index (χ3n) is 0.648. The SMILES string of the molecule is CCCC(=O)OC(=O)Cl.